The number of hydrogen-bond acceptors (Lipinski definition) is 7. The lowest BCUT2D eigenvalue weighted by Crippen LogP contribution is -2.29. The number of hydrogen-bond donors (Lipinski definition) is 2. The molecule has 0 spiro atoms. The maximum atomic E-state index is 14.2. The Kier molecular flexibility index (Phi) is 6.43. The van der Waals surface area contributed by atoms with E-state index >= 15 is 0 Å². The molecule has 1 atom stereocenters. The first kappa shape index (κ1) is 22.9. The van der Waals surface area contributed by atoms with E-state index in [1.165, 1.54) is 12.1 Å². The second kappa shape index (κ2) is 9.28. The number of benzene rings is 1. The lowest BCUT2D eigenvalue weighted by molar-refractivity contribution is 0.224. The zero-order valence-corrected chi connectivity index (χ0v) is 18.8. The van der Waals surface area contributed by atoms with Gasteiger partial charge < -0.3 is 10.1 Å². The van der Waals surface area contributed by atoms with Gasteiger partial charge in [-0.15, -0.1) is 0 Å². The summed E-state index contributed by atoms with van der Waals surface area (Å²) < 4.78 is 43.1. The van der Waals surface area contributed by atoms with Gasteiger partial charge in [0.1, 0.15) is 11.6 Å². The van der Waals surface area contributed by atoms with E-state index in [-0.39, 0.29) is 29.3 Å². The quantitative estimate of drug-likeness (QED) is 0.513. The van der Waals surface area contributed by atoms with Gasteiger partial charge in [0.25, 0.3) is 0 Å². The summed E-state index contributed by atoms with van der Waals surface area (Å²) in [5.41, 5.74) is 2.91. The van der Waals surface area contributed by atoms with Crippen molar-refractivity contribution in [1.82, 2.24) is 15.0 Å². The molecule has 33 heavy (non-hydrogen) atoms. The molecular formula is C22H23BFN5O3S. The van der Waals surface area contributed by atoms with Gasteiger partial charge in [-0.05, 0) is 55.0 Å². The Bertz CT molecular complexity index is 1290. The molecule has 1 aliphatic rings. The number of sulfonamides is 1. The zero-order valence-electron chi connectivity index (χ0n) is 18.0. The summed E-state index contributed by atoms with van der Waals surface area (Å²) in [5.74, 6) is 0.171. The molecule has 11 heteroatoms. The molecule has 0 radical (unpaired) electrons. The van der Waals surface area contributed by atoms with E-state index in [2.05, 4.69) is 26.8 Å². The minimum Gasteiger partial charge on any atom is -0.489 e. The SMILES string of the molecule is C=C(C)c1ccncc1O[C@H]1CCB(c2cnc(Nc3ccc(S(N)(=O)=O)cc3F)nc2)C1. The third-order valence-electron chi connectivity index (χ3n) is 5.58. The third kappa shape index (κ3) is 5.37. The predicted molar refractivity (Wildman–Crippen MR) is 126 cm³/mol. The summed E-state index contributed by atoms with van der Waals surface area (Å²) in [6.45, 7) is 6.18. The standard InChI is InChI=1S/C22H23BFN5O3S/c1-14(2)18-6-8-26-13-21(18)32-16-5-7-23(10-16)15-11-27-22(28-12-15)29-20-4-3-17(9-19(20)24)33(25,30)31/h3-4,6,8-9,11-13,16H,1,5,7,10H2,2H3,(H2,25,30,31)(H,27,28,29)/t16-/m0/s1. The first-order chi connectivity index (χ1) is 15.7. The smallest absolute Gasteiger partial charge is 0.238 e. The van der Waals surface area contributed by atoms with Crippen molar-refractivity contribution in [2.24, 2.45) is 5.14 Å². The van der Waals surface area contributed by atoms with Crippen LogP contribution in [-0.2, 0) is 10.0 Å². The van der Waals surface area contributed by atoms with Crippen molar-refractivity contribution in [1.29, 1.82) is 0 Å². The summed E-state index contributed by atoms with van der Waals surface area (Å²) in [7, 11) is -3.98. The summed E-state index contributed by atoms with van der Waals surface area (Å²) in [6.07, 6.45) is 9.58. The van der Waals surface area contributed by atoms with Crippen LogP contribution in [0.15, 0.2) is 60.5 Å². The van der Waals surface area contributed by atoms with Crippen molar-refractivity contribution in [3.63, 3.8) is 0 Å². The van der Waals surface area contributed by atoms with Crippen LogP contribution in [0.3, 0.4) is 0 Å². The topological polar surface area (TPSA) is 120 Å². The summed E-state index contributed by atoms with van der Waals surface area (Å²) >= 11 is 0. The first-order valence-corrected chi connectivity index (χ1v) is 11.9. The fraction of sp³-hybridized carbons (Fsp3) is 0.227. The van der Waals surface area contributed by atoms with Gasteiger partial charge in [0.2, 0.25) is 16.0 Å². The molecule has 0 unspecified atom stereocenters. The average Bonchev–Trinajstić information content (AvgIpc) is 3.23. The Morgan fingerprint density at radius 1 is 1.27 bits per heavy atom. The van der Waals surface area contributed by atoms with E-state index in [0.29, 0.717) is 0 Å². The van der Waals surface area contributed by atoms with Crippen LogP contribution in [0.2, 0.25) is 12.6 Å². The Morgan fingerprint density at radius 3 is 2.70 bits per heavy atom. The molecule has 0 saturated carbocycles. The number of ether oxygens (including phenoxy) is 1. The van der Waals surface area contributed by atoms with Gasteiger partial charge in [-0.25, -0.2) is 27.9 Å². The van der Waals surface area contributed by atoms with Crippen LogP contribution < -0.4 is 20.7 Å². The molecule has 1 aliphatic heterocycles. The Balaban J connectivity index is 1.40. The van der Waals surface area contributed by atoms with Crippen LogP contribution in [-0.4, -0.2) is 36.2 Å². The predicted octanol–water partition coefficient (Wildman–Crippen LogP) is 2.99. The number of nitrogens with zero attached hydrogens (tertiary/aromatic N) is 3. The van der Waals surface area contributed by atoms with Crippen molar-refractivity contribution in [2.75, 3.05) is 5.32 Å². The van der Waals surface area contributed by atoms with Crippen LogP contribution >= 0.6 is 0 Å². The maximum Gasteiger partial charge on any atom is 0.238 e. The lowest BCUT2D eigenvalue weighted by atomic mass is 9.44. The summed E-state index contributed by atoms with van der Waals surface area (Å²) in [4.78, 5) is 12.4. The lowest BCUT2D eigenvalue weighted by Gasteiger charge is -2.16. The largest absolute Gasteiger partial charge is 0.489 e. The third-order valence-corrected chi connectivity index (χ3v) is 6.49. The molecule has 170 valence electrons. The number of nitrogens with two attached hydrogens (primary N) is 1. The van der Waals surface area contributed by atoms with Gasteiger partial charge in [-0.2, -0.15) is 0 Å². The van der Waals surface area contributed by atoms with E-state index < -0.39 is 15.8 Å². The van der Waals surface area contributed by atoms with Gasteiger partial charge >= 0.3 is 0 Å². The number of nitrogens with one attached hydrogen (secondary N) is 1. The van der Waals surface area contributed by atoms with Gasteiger partial charge in [0, 0.05) is 24.2 Å². The number of aromatic nitrogens is 3. The number of primary sulfonamides is 1. The number of halogens is 1. The van der Waals surface area contributed by atoms with Gasteiger partial charge in [0.05, 0.1) is 22.9 Å². The molecule has 1 saturated heterocycles. The van der Waals surface area contributed by atoms with Crippen molar-refractivity contribution in [3.8, 4) is 5.75 Å². The Labute approximate surface area is 192 Å². The van der Waals surface area contributed by atoms with Crippen molar-refractivity contribution in [3.05, 3.63) is 67.0 Å². The molecule has 3 N–H and O–H groups in total. The molecule has 2 aromatic heterocycles. The molecule has 4 rings (SSSR count). The molecule has 0 aliphatic carbocycles. The van der Waals surface area contributed by atoms with Crippen LogP contribution in [0, 0.1) is 5.82 Å². The minimum atomic E-state index is -3.98. The van der Waals surface area contributed by atoms with Crippen molar-refractivity contribution < 1.29 is 17.5 Å². The number of allylic oxidation sites excluding steroid dienone is 1. The minimum absolute atomic E-state index is 0.0502. The monoisotopic (exact) mass is 467 g/mol. The van der Waals surface area contributed by atoms with Crippen LogP contribution in [0.1, 0.15) is 18.9 Å². The molecular weight excluding hydrogens is 444 g/mol. The number of anilines is 2. The second-order valence-corrected chi connectivity index (χ2v) is 9.62. The average molecular weight is 467 g/mol. The normalized spacial score (nSPS) is 16.0. The Morgan fingerprint density at radius 2 is 2.03 bits per heavy atom. The molecule has 1 aromatic carbocycles. The molecule has 3 heterocycles. The zero-order chi connectivity index (χ0) is 23.6. The number of rotatable bonds is 7. The van der Waals surface area contributed by atoms with Crippen LogP contribution in [0.4, 0.5) is 16.0 Å². The fourth-order valence-corrected chi connectivity index (χ4v) is 4.39. The summed E-state index contributed by atoms with van der Waals surface area (Å²) in [6, 6.07) is 5.25. The van der Waals surface area contributed by atoms with Crippen molar-refractivity contribution >= 4 is 39.4 Å². The van der Waals surface area contributed by atoms with E-state index in [9.17, 15) is 12.8 Å². The highest BCUT2D eigenvalue weighted by atomic mass is 32.2. The number of pyridine rings is 1. The molecule has 0 bridgehead atoms. The van der Waals surface area contributed by atoms with Crippen LogP contribution in [0.5, 0.6) is 5.75 Å². The maximum absolute atomic E-state index is 14.2. The van der Waals surface area contributed by atoms with Crippen molar-refractivity contribution in [2.45, 2.75) is 37.0 Å². The first-order valence-electron chi connectivity index (χ1n) is 10.4. The van der Waals surface area contributed by atoms with E-state index in [4.69, 9.17) is 9.88 Å². The van der Waals surface area contributed by atoms with Crippen LogP contribution in [0.25, 0.3) is 5.57 Å². The highest BCUT2D eigenvalue weighted by Crippen LogP contribution is 2.30. The highest BCUT2D eigenvalue weighted by molar-refractivity contribution is 7.89. The van der Waals surface area contributed by atoms with E-state index in [0.717, 1.165) is 47.5 Å². The summed E-state index contributed by atoms with van der Waals surface area (Å²) in [5, 5.41) is 7.78. The molecule has 0 amide bonds. The second-order valence-electron chi connectivity index (χ2n) is 8.05. The highest BCUT2D eigenvalue weighted by Gasteiger charge is 2.31. The Hall–Kier alpha value is -3.31. The molecule has 1 fully saturated rings. The fourth-order valence-electron chi connectivity index (χ4n) is 3.86. The van der Waals surface area contributed by atoms with E-state index in [1.54, 1.807) is 24.8 Å². The molecule has 3 aromatic rings. The van der Waals surface area contributed by atoms with E-state index in [1.807, 2.05) is 13.0 Å². The van der Waals surface area contributed by atoms with Gasteiger partial charge in [-0.1, -0.05) is 12.9 Å². The van der Waals surface area contributed by atoms with Gasteiger partial charge in [-0.3, -0.25) is 4.98 Å². The molecule has 8 nitrogen and oxygen atoms in total. The van der Waals surface area contributed by atoms with Gasteiger partial charge in [0.15, 0.2) is 6.71 Å².